The smallest absolute Gasteiger partial charge is 0.0439 e. The highest BCUT2D eigenvalue weighted by molar-refractivity contribution is 5.69. The van der Waals surface area contributed by atoms with Crippen molar-refractivity contribution < 1.29 is 0 Å². The molecule has 1 nitrogen and oxygen atoms in total. The molecule has 0 saturated heterocycles. The Morgan fingerprint density at radius 3 is 2.88 bits per heavy atom. The third-order valence-electron chi connectivity index (χ3n) is 4.12. The van der Waals surface area contributed by atoms with E-state index in [1.54, 1.807) is 0 Å². The van der Waals surface area contributed by atoms with Gasteiger partial charge in [-0.1, -0.05) is 43.2 Å². The molecule has 1 aliphatic carbocycles. The van der Waals surface area contributed by atoms with E-state index in [9.17, 15) is 0 Å². The van der Waals surface area contributed by atoms with Gasteiger partial charge in [0.05, 0.1) is 0 Å². The number of rotatable bonds is 0. The second kappa shape index (κ2) is 3.97. The first-order valence-electron chi connectivity index (χ1n) is 6.36. The Bertz CT molecular complexity index is 408. The average molecular weight is 213 g/mol. The summed E-state index contributed by atoms with van der Waals surface area (Å²) in [4.78, 5) is 2.50. The summed E-state index contributed by atoms with van der Waals surface area (Å²) < 4.78 is 0. The number of anilines is 1. The summed E-state index contributed by atoms with van der Waals surface area (Å²) >= 11 is 0. The molecule has 1 aliphatic heterocycles. The molecule has 0 bridgehead atoms. The highest BCUT2D eigenvalue weighted by Crippen LogP contribution is 2.36. The van der Waals surface area contributed by atoms with E-state index < -0.39 is 0 Å². The zero-order valence-corrected chi connectivity index (χ0v) is 9.89. The number of fused-ring (bicyclic) bond motifs is 2. The van der Waals surface area contributed by atoms with Gasteiger partial charge in [0, 0.05) is 18.8 Å². The Balaban J connectivity index is 2.03. The molecule has 1 unspecified atom stereocenters. The van der Waals surface area contributed by atoms with Gasteiger partial charge in [0.15, 0.2) is 0 Å². The Labute approximate surface area is 97.8 Å². The van der Waals surface area contributed by atoms with Gasteiger partial charge in [-0.2, -0.15) is 0 Å². The lowest BCUT2D eigenvalue weighted by atomic mass is 9.84. The maximum atomic E-state index is 2.50. The minimum absolute atomic E-state index is 0.716. The van der Waals surface area contributed by atoms with E-state index in [-0.39, 0.29) is 0 Å². The zero-order chi connectivity index (χ0) is 11.0. The summed E-state index contributed by atoms with van der Waals surface area (Å²) in [6.45, 7) is 0. The van der Waals surface area contributed by atoms with Crippen molar-refractivity contribution in [2.24, 2.45) is 5.92 Å². The van der Waals surface area contributed by atoms with Gasteiger partial charge in [0.1, 0.15) is 0 Å². The first-order chi connectivity index (χ1) is 7.86. The summed E-state index contributed by atoms with van der Waals surface area (Å²) in [5.74, 6) is 0.756. The quantitative estimate of drug-likeness (QED) is 0.635. The standard InChI is InChI=1S/C15H19N/c1-16-14-8-4-2-6-12(14)10-11-13-7-3-5-9-15(13)16/h2,4,6,8,10-11,13,15H,3,5,7,9H2,1H3/t13?,15-/m0/s1. The second-order valence-electron chi connectivity index (χ2n) is 5.04. The van der Waals surface area contributed by atoms with E-state index in [2.05, 4.69) is 48.4 Å². The average Bonchev–Trinajstić information content (AvgIpc) is 2.49. The van der Waals surface area contributed by atoms with Crippen LogP contribution in [0.25, 0.3) is 6.08 Å². The molecule has 1 aromatic carbocycles. The zero-order valence-electron chi connectivity index (χ0n) is 9.89. The van der Waals surface area contributed by atoms with Gasteiger partial charge < -0.3 is 4.90 Å². The van der Waals surface area contributed by atoms with E-state index in [1.807, 2.05) is 0 Å². The molecular weight excluding hydrogens is 194 g/mol. The van der Waals surface area contributed by atoms with E-state index in [0.717, 1.165) is 5.92 Å². The van der Waals surface area contributed by atoms with Crippen LogP contribution in [-0.2, 0) is 0 Å². The molecule has 16 heavy (non-hydrogen) atoms. The maximum Gasteiger partial charge on any atom is 0.0439 e. The highest BCUT2D eigenvalue weighted by Gasteiger charge is 2.29. The lowest BCUT2D eigenvalue weighted by Crippen LogP contribution is -2.38. The molecule has 2 atom stereocenters. The van der Waals surface area contributed by atoms with E-state index in [1.165, 1.54) is 36.9 Å². The number of hydrogen-bond donors (Lipinski definition) is 0. The van der Waals surface area contributed by atoms with Crippen molar-refractivity contribution in [3.05, 3.63) is 35.9 Å². The normalized spacial score (nSPS) is 28.2. The van der Waals surface area contributed by atoms with Gasteiger partial charge in [0.2, 0.25) is 0 Å². The molecule has 2 aliphatic rings. The third kappa shape index (κ3) is 1.55. The molecule has 1 aromatic rings. The molecule has 0 spiro atoms. The predicted octanol–water partition coefficient (Wildman–Crippen LogP) is 3.71. The first kappa shape index (κ1) is 9.95. The summed E-state index contributed by atoms with van der Waals surface area (Å²) in [6.07, 6.45) is 10.3. The summed E-state index contributed by atoms with van der Waals surface area (Å²) in [7, 11) is 2.26. The molecule has 1 heteroatoms. The van der Waals surface area contributed by atoms with Crippen molar-refractivity contribution >= 4 is 11.8 Å². The number of hydrogen-bond acceptors (Lipinski definition) is 1. The number of benzene rings is 1. The molecule has 1 fully saturated rings. The monoisotopic (exact) mass is 213 g/mol. The molecule has 0 aromatic heterocycles. The summed E-state index contributed by atoms with van der Waals surface area (Å²) in [6, 6.07) is 9.46. The van der Waals surface area contributed by atoms with Gasteiger partial charge >= 0.3 is 0 Å². The predicted molar refractivity (Wildman–Crippen MR) is 69.6 cm³/mol. The molecule has 3 rings (SSSR count). The van der Waals surface area contributed by atoms with Gasteiger partial charge in [-0.3, -0.25) is 0 Å². The van der Waals surface area contributed by atoms with Gasteiger partial charge in [-0.25, -0.2) is 0 Å². The van der Waals surface area contributed by atoms with Crippen molar-refractivity contribution in [1.29, 1.82) is 0 Å². The van der Waals surface area contributed by atoms with Crippen LogP contribution >= 0.6 is 0 Å². The molecule has 1 saturated carbocycles. The van der Waals surface area contributed by atoms with E-state index in [4.69, 9.17) is 0 Å². The van der Waals surface area contributed by atoms with Crippen LogP contribution in [0.3, 0.4) is 0 Å². The van der Waals surface area contributed by atoms with E-state index in [0.29, 0.717) is 6.04 Å². The van der Waals surface area contributed by atoms with Crippen molar-refractivity contribution in [1.82, 2.24) is 0 Å². The van der Waals surface area contributed by atoms with Gasteiger partial charge in [-0.05, 0) is 30.4 Å². The lowest BCUT2D eigenvalue weighted by Gasteiger charge is -2.37. The lowest BCUT2D eigenvalue weighted by molar-refractivity contribution is 0.353. The van der Waals surface area contributed by atoms with Gasteiger partial charge in [-0.15, -0.1) is 0 Å². The molecule has 0 radical (unpaired) electrons. The fourth-order valence-corrected chi connectivity index (χ4v) is 3.20. The number of para-hydroxylation sites is 1. The first-order valence-corrected chi connectivity index (χ1v) is 6.36. The van der Waals surface area contributed by atoms with Crippen molar-refractivity contribution in [2.75, 3.05) is 11.9 Å². The summed E-state index contributed by atoms with van der Waals surface area (Å²) in [5.41, 5.74) is 2.77. The summed E-state index contributed by atoms with van der Waals surface area (Å²) in [5, 5.41) is 0. The van der Waals surface area contributed by atoms with Crippen LogP contribution in [0, 0.1) is 5.92 Å². The molecule has 0 amide bonds. The topological polar surface area (TPSA) is 3.24 Å². The van der Waals surface area contributed by atoms with Crippen LogP contribution in [-0.4, -0.2) is 13.1 Å². The third-order valence-corrected chi connectivity index (χ3v) is 4.12. The second-order valence-corrected chi connectivity index (χ2v) is 5.04. The fraction of sp³-hybridized carbons (Fsp3) is 0.467. The largest absolute Gasteiger partial charge is 0.371 e. The van der Waals surface area contributed by atoms with Crippen LogP contribution in [0.5, 0.6) is 0 Å². The van der Waals surface area contributed by atoms with Crippen LogP contribution in [0.2, 0.25) is 0 Å². The minimum atomic E-state index is 0.716. The molecule has 0 N–H and O–H groups in total. The Kier molecular flexibility index (Phi) is 2.47. The van der Waals surface area contributed by atoms with E-state index >= 15 is 0 Å². The Morgan fingerprint density at radius 2 is 1.94 bits per heavy atom. The Hall–Kier alpha value is -1.24. The fourth-order valence-electron chi connectivity index (χ4n) is 3.20. The van der Waals surface area contributed by atoms with Crippen LogP contribution < -0.4 is 4.90 Å². The maximum absolute atomic E-state index is 2.50. The molecule has 84 valence electrons. The van der Waals surface area contributed by atoms with Crippen molar-refractivity contribution in [2.45, 2.75) is 31.7 Å². The van der Waals surface area contributed by atoms with Crippen molar-refractivity contribution in [3.8, 4) is 0 Å². The van der Waals surface area contributed by atoms with Crippen molar-refractivity contribution in [3.63, 3.8) is 0 Å². The minimum Gasteiger partial charge on any atom is -0.371 e. The Morgan fingerprint density at radius 1 is 1.12 bits per heavy atom. The van der Waals surface area contributed by atoms with Crippen LogP contribution in [0.15, 0.2) is 30.3 Å². The highest BCUT2D eigenvalue weighted by atomic mass is 15.1. The van der Waals surface area contributed by atoms with Gasteiger partial charge in [0.25, 0.3) is 0 Å². The number of nitrogens with zero attached hydrogens (tertiary/aromatic N) is 1. The SMILES string of the molecule is CN1c2ccccc2C=CC2CCCC[C@@H]21. The molecular formula is C15H19N. The van der Waals surface area contributed by atoms with Crippen LogP contribution in [0.1, 0.15) is 31.2 Å². The van der Waals surface area contributed by atoms with Crippen LogP contribution in [0.4, 0.5) is 5.69 Å². The molecule has 1 heterocycles.